The molecular formula is C13H23N3O. The first-order valence-electron chi connectivity index (χ1n) is 6.64. The topological polar surface area (TPSA) is 50.1 Å². The van der Waals surface area contributed by atoms with Gasteiger partial charge in [-0.25, -0.2) is 0 Å². The summed E-state index contributed by atoms with van der Waals surface area (Å²) in [6.07, 6.45) is 8.05. The fourth-order valence-electron chi connectivity index (χ4n) is 2.35. The first kappa shape index (κ1) is 12.6. The number of aromatic nitrogens is 2. The maximum Gasteiger partial charge on any atom is 0.0973 e. The fourth-order valence-corrected chi connectivity index (χ4v) is 2.35. The van der Waals surface area contributed by atoms with Crippen molar-refractivity contribution in [2.45, 2.75) is 57.7 Å². The molecule has 2 rings (SSSR count). The van der Waals surface area contributed by atoms with Crippen LogP contribution in [0.4, 0.5) is 0 Å². The van der Waals surface area contributed by atoms with Gasteiger partial charge in [0.15, 0.2) is 0 Å². The molecule has 2 N–H and O–H groups in total. The summed E-state index contributed by atoms with van der Waals surface area (Å²) in [4.78, 5) is 0. The van der Waals surface area contributed by atoms with Crippen molar-refractivity contribution in [2.24, 2.45) is 0 Å². The molecule has 1 saturated heterocycles. The Kier molecular flexibility index (Phi) is 4.18. The number of hydrogen-bond donors (Lipinski definition) is 2. The summed E-state index contributed by atoms with van der Waals surface area (Å²) < 4.78 is 1.90. The quantitative estimate of drug-likeness (QED) is 0.845. The summed E-state index contributed by atoms with van der Waals surface area (Å²) >= 11 is 0. The van der Waals surface area contributed by atoms with E-state index in [0.29, 0.717) is 6.04 Å². The number of nitrogens with one attached hydrogen (secondary N) is 1. The van der Waals surface area contributed by atoms with E-state index in [1.807, 2.05) is 10.9 Å². The summed E-state index contributed by atoms with van der Waals surface area (Å²) in [5, 5.41) is 18.1. The molecule has 2 atom stereocenters. The van der Waals surface area contributed by atoms with E-state index in [9.17, 15) is 5.11 Å². The molecule has 1 fully saturated rings. The maximum atomic E-state index is 10.3. The van der Waals surface area contributed by atoms with Crippen LogP contribution < -0.4 is 5.32 Å². The Morgan fingerprint density at radius 3 is 2.94 bits per heavy atom. The van der Waals surface area contributed by atoms with E-state index in [0.717, 1.165) is 18.5 Å². The number of aliphatic hydroxyl groups excluding tert-OH is 1. The second-order valence-electron chi connectivity index (χ2n) is 5.20. The SMILES string of the molecule is CC(C)n1cc(C(O)C2CCCCCN2)cn1. The lowest BCUT2D eigenvalue weighted by Crippen LogP contribution is -2.34. The number of hydrogen-bond acceptors (Lipinski definition) is 3. The van der Waals surface area contributed by atoms with Gasteiger partial charge in [-0.1, -0.05) is 12.8 Å². The van der Waals surface area contributed by atoms with Crippen LogP contribution in [0.5, 0.6) is 0 Å². The molecule has 1 aliphatic rings. The molecule has 0 aliphatic carbocycles. The number of aliphatic hydroxyl groups is 1. The lowest BCUT2D eigenvalue weighted by molar-refractivity contribution is 0.126. The molecule has 0 radical (unpaired) electrons. The molecule has 4 heteroatoms. The van der Waals surface area contributed by atoms with Crippen molar-refractivity contribution in [2.75, 3.05) is 6.54 Å². The molecule has 0 spiro atoms. The van der Waals surface area contributed by atoms with Gasteiger partial charge in [-0.2, -0.15) is 5.10 Å². The third kappa shape index (κ3) is 3.07. The van der Waals surface area contributed by atoms with Gasteiger partial charge in [0.2, 0.25) is 0 Å². The highest BCUT2D eigenvalue weighted by Crippen LogP contribution is 2.22. The van der Waals surface area contributed by atoms with E-state index < -0.39 is 6.10 Å². The standard InChI is InChI=1S/C13H23N3O/c1-10(2)16-9-11(8-15-16)13(17)12-6-4-3-5-7-14-12/h8-10,12-14,17H,3-7H2,1-2H3. The van der Waals surface area contributed by atoms with Crippen LogP contribution in [0, 0.1) is 0 Å². The molecule has 1 aromatic heterocycles. The second-order valence-corrected chi connectivity index (χ2v) is 5.20. The van der Waals surface area contributed by atoms with E-state index >= 15 is 0 Å². The fraction of sp³-hybridized carbons (Fsp3) is 0.769. The Morgan fingerprint density at radius 1 is 1.41 bits per heavy atom. The highest BCUT2D eigenvalue weighted by Gasteiger charge is 2.23. The molecule has 2 heterocycles. The van der Waals surface area contributed by atoms with Crippen LogP contribution in [0.3, 0.4) is 0 Å². The van der Waals surface area contributed by atoms with E-state index in [1.54, 1.807) is 6.20 Å². The zero-order valence-electron chi connectivity index (χ0n) is 10.8. The van der Waals surface area contributed by atoms with Gasteiger partial charge in [0, 0.05) is 23.8 Å². The van der Waals surface area contributed by atoms with Gasteiger partial charge in [0.25, 0.3) is 0 Å². The van der Waals surface area contributed by atoms with Gasteiger partial charge >= 0.3 is 0 Å². The molecule has 1 aromatic rings. The summed E-state index contributed by atoms with van der Waals surface area (Å²) in [6.45, 7) is 5.19. The van der Waals surface area contributed by atoms with E-state index in [-0.39, 0.29) is 6.04 Å². The third-order valence-corrected chi connectivity index (χ3v) is 3.47. The largest absolute Gasteiger partial charge is 0.387 e. The Labute approximate surface area is 103 Å². The summed E-state index contributed by atoms with van der Waals surface area (Å²) in [5.41, 5.74) is 0.929. The van der Waals surface area contributed by atoms with Crippen LogP contribution >= 0.6 is 0 Å². The number of nitrogens with zero attached hydrogens (tertiary/aromatic N) is 2. The lowest BCUT2D eigenvalue weighted by atomic mass is 10.0. The minimum absolute atomic E-state index is 0.183. The normalized spacial score (nSPS) is 23.6. The van der Waals surface area contributed by atoms with Gasteiger partial charge in [-0.3, -0.25) is 4.68 Å². The monoisotopic (exact) mass is 237 g/mol. The smallest absolute Gasteiger partial charge is 0.0973 e. The Balaban J connectivity index is 2.03. The van der Waals surface area contributed by atoms with Crippen LogP contribution in [0.2, 0.25) is 0 Å². The van der Waals surface area contributed by atoms with Crippen molar-refractivity contribution >= 4 is 0 Å². The summed E-state index contributed by atoms with van der Waals surface area (Å²) in [5.74, 6) is 0. The minimum Gasteiger partial charge on any atom is -0.387 e. The Hall–Kier alpha value is -0.870. The lowest BCUT2D eigenvalue weighted by Gasteiger charge is -2.21. The first-order valence-corrected chi connectivity index (χ1v) is 6.64. The van der Waals surface area contributed by atoms with Crippen LogP contribution in [0.15, 0.2) is 12.4 Å². The van der Waals surface area contributed by atoms with Crippen LogP contribution in [-0.2, 0) is 0 Å². The van der Waals surface area contributed by atoms with Gasteiger partial charge in [0.1, 0.15) is 0 Å². The first-order chi connectivity index (χ1) is 8.18. The van der Waals surface area contributed by atoms with Crippen LogP contribution in [0.1, 0.15) is 57.2 Å². The predicted molar refractivity (Wildman–Crippen MR) is 67.8 cm³/mol. The molecule has 0 amide bonds. The average molecular weight is 237 g/mol. The van der Waals surface area contributed by atoms with Crippen molar-refractivity contribution in [1.29, 1.82) is 0 Å². The molecule has 2 unspecified atom stereocenters. The van der Waals surface area contributed by atoms with Gasteiger partial charge < -0.3 is 10.4 Å². The van der Waals surface area contributed by atoms with Gasteiger partial charge in [0.05, 0.1) is 12.3 Å². The second kappa shape index (κ2) is 5.65. The van der Waals surface area contributed by atoms with E-state index in [1.165, 1.54) is 19.3 Å². The van der Waals surface area contributed by atoms with Crippen LogP contribution in [0.25, 0.3) is 0 Å². The molecular weight excluding hydrogens is 214 g/mol. The van der Waals surface area contributed by atoms with Crippen molar-refractivity contribution in [3.8, 4) is 0 Å². The van der Waals surface area contributed by atoms with E-state index in [2.05, 4.69) is 24.3 Å². The molecule has 17 heavy (non-hydrogen) atoms. The molecule has 0 aromatic carbocycles. The Bertz CT molecular complexity index is 340. The average Bonchev–Trinajstić information content (AvgIpc) is 2.65. The minimum atomic E-state index is -0.430. The molecule has 0 saturated carbocycles. The summed E-state index contributed by atoms with van der Waals surface area (Å²) in [7, 11) is 0. The molecule has 96 valence electrons. The molecule has 1 aliphatic heterocycles. The highest BCUT2D eigenvalue weighted by atomic mass is 16.3. The predicted octanol–water partition coefficient (Wildman–Crippen LogP) is 2.03. The van der Waals surface area contributed by atoms with Gasteiger partial charge in [-0.05, 0) is 33.2 Å². The van der Waals surface area contributed by atoms with Gasteiger partial charge in [-0.15, -0.1) is 0 Å². The molecule has 4 nitrogen and oxygen atoms in total. The van der Waals surface area contributed by atoms with Crippen molar-refractivity contribution in [3.05, 3.63) is 18.0 Å². The zero-order chi connectivity index (χ0) is 12.3. The van der Waals surface area contributed by atoms with E-state index in [4.69, 9.17) is 0 Å². The third-order valence-electron chi connectivity index (χ3n) is 3.47. The molecule has 0 bridgehead atoms. The van der Waals surface area contributed by atoms with Crippen molar-refractivity contribution in [3.63, 3.8) is 0 Å². The van der Waals surface area contributed by atoms with Crippen molar-refractivity contribution < 1.29 is 5.11 Å². The maximum absolute atomic E-state index is 10.3. The van der Waals surface area contributed by atoms with Crippen molar-refractivity contribution in [1.82, 2.24) is 15.1 Å². The number of rotatable bonds is 3. The van der Waals surface area contributed by atoms with Crippen LogP contribution in [-0.4, -0.2) is 27.5 Å². The zero-order valence-corrected chi connectivity index (χ0v) is 10.8. The summed E-state index contributed by atoms with van der Waals surface area (Å²) in [6, 6.07) is 0.528. The highest BCUT2D eigenvalue weighted by molar-refractivity contribution is 5.11. The Morgan fingerprint density at radius 2 is 2.24 bits per heavy atom.